The quantitative estimate of drug-likeness (QED) is 0.370. The Morgan fingerprint density at radius 2 is 1.88 bits per heavy atom. The number of halogens is 1. The lowest BCUT2D eigenvalue weighted by atomic mass is 9.98. The highest BCUT2D eigenvalue weighted by Crippen LogP contribution is 2.34. The molecule has 0 bridgehead atoms. The Morgan fingerprint density at radius 1 is 1.16 bits per heavy atom. The first kappa shape index (κ1) is 23.1. The van der Waals surface area contributed by atoms with Crippen LogP contribution in [0.2, 0.25) is 5.02 Å². The maximum atomic E-state index is 11.1. The molecule has 0 amide bonds. The molecule has 3 aromatic rings. The molecule has 32 heavy (non-hydrogen) atoms. The van der Waals surface area contributed by atoms with Crippen LogP contribution in [0.15, 0.2) is 54.6 Å². The van der Waals surface area contributed by atoms with Gasteiger partial charge < -0.3 is 19.7 Å². The molecule has 8 heteroatoms. The van der Waals surface area contributed by atoms with E-state index in [2.05, 4.69) is 4.98 Å². The molecule has 1 heterocycles. The van der Waals surface area contributed by atoms with E-state index >= 15 is 0 Å². The van der Waals surface area contributed by atoms with E-state index in [1.807, 2.05) is 37.3 Å². The molecule has 1 aromatic heterocycles. The second kappa shape index (κ2) is 10.2. The molecule has 166 valence electrons. The van der Waals surface area contributed by atoms with Crippen LogP contribution in [-0.2, 0) is 11.2 Å². The van der Waals surface area contributed by atoms with Crippen LogP contribution in [0.1, 0.15) is 37.1 Å². The van der Waals surface area contributed by atoms with Gasteiger partial charge in [0.05, 0.1) is 16.4 Å². The molecular weight excluding hydrogens is 432 g/mol. The summed E-state index contributed by atoms with van der Waals surface area (Å²) in [6, 6.07) is 15.2. The number of pyridine rings is 1. The first-order valence-corrected chi connectivity index (χ1v) is 10.4. The number of para-hydroxylation sites is 1. The van der Waals surface area contributed by atoms with Gasteiger partial charge in [0, 0.05) is 23.3 Å². The van der Waals surface area contributed by atoms with Gasteiger partial charge in [-0.1, -0.05) is 43.1 Å². The highest BCUT2D eigenvalue weighted by molar-refractivity contribution is 6.32. The van der Waals surface area contributed by atoms with Crippen LogP contribution in [-0.4, -0.2) is 33.0 Å². The Bertz CT molecular complexity index is 1130. The third-order valence-electron chi connectivity index (χ3n) is 4.64. The average Bonchev–Trinajstić information content (AvgIpc) is 2.76. The summed E-state index contributed by atoms with van der Waals surface area (Å²) in [5.74, 6) is -0.268. The zero-order chi connectivity index (χ0) is 23.3. The molecular formula is C24H23ClN2O5. The number of carboxylic acid groups (broad SMARTS) is 1. The van der Waals surface area contributed by atoms with Crippen molar-refractivity contribution in [2.24, 2.45) is 0 Å². The van der Waals surface area contributed by atoms with Crippen LogP contribution in [0.4, 0.5) is 0 Å². The number of nitrogens with zero attached hydrogens (tertiary/aromatic N) is 1. The maximum absolute atomic E-state index is 11.1. The molecule has 7 nitrogen and oxygen atoms in total. The zero-order valence-corrected chi connectivity index (χ0v) is 18.4. The molecule has 0 aliphatic rings. The smallest absolute Gasteiger partial charge is 0.344 e. The Labute approximate surface area is 190 Å². The number of aromatic nitrogens is 1. The molecule has 0 aliphatic carbocycles. The second-order valence-corrected chi connectivity index (χ2v) is 7.49. The number of aliphatic carboxylic acids is 1. The van der Waals surface area contributed by atoms with Gasteiger partial charge in [-0.25, -0.2) is 9.78 Å². The molecule has 0 saturated heterocycles. The Kier molecular flexibility index (Phi) is 7.33. The highest BCUT2D eigenvalue weighted by Gasteiger charge is 2.21. The van der Waals surface area contributed by atoms with Crippen LogP contribution < -0.4 is 9.47 Å². The minimum absolute atomic E-state index is 0.00852. The predicted octanol–water partition coefficient (Wildman–Crippen LogP) is 5.45. The van der Waals surface area contributed by atoms with Crippen LogP contribution in [0.5, 0.6) is 23.1 Å². The number of carboxylic acids is 1. The van der Waals surface area contributed by atoms with Gasteiger partial charge in [0.15, 0.2) is 6.10 Å². The lowest BCUT2D eigenvalue weighted by Crippen LogP contribution is -2.23. The number of ether oxygens (including phenoxy) is 2. The SMILES string of the molecule is CCCc1nc(Oc2ccccc2)ccc1C(=N)c1cc(O[C@@H](C)C(=O)O)c(Cl)cc1O. The molecule has 2 aromatic carbocycles. The number of phenolic OH excluding ortho intramolecular Hbond substituents is 1. The minimum atomic E-state index is -1.16. The van der Waals surface area contributed by atoms with Crippen LogP contribution in [0, 0.1) is 5.41 Å². The number of hydrogen-bond donors (Lipinski definition) is 3. The number of phenols is 1. The molecule has 0 aliphatic heterocycles. The summed E-state index contributed by atoms with van der Waals surface area (Å²) in [7, 11) is 0. The van der Waals surface area contributed by atoms with Crippen LogP contribution in [0.25, 0.3) is 0 Å². The van der Waals surface area contributed by atoms with Crippen LogP contribution >= 0.6 is 11.6 Å². The van der Waals surface area contributed by atoms with E-state index in [4.69, 9.17) is 31.6 Å². The number of benzene rings is 2. The zero-order valence-electron chi connectivity index (χ0n) is 17.6. The summed E-state index contributed by atoms with van der Waals surface area (Å²) in [5, 5.41) is 28.3. The van der Waals surface area contributed by atoms with Gasteiger partial charge in [-0.15, -0.1) is 0 Å². The minimum Gasteiger partial charge on any atom is -0.507 e. The Balaban J connectivity index is 1.96. The standard InChI is InChI=1S/C24H23ClN2O5/c1-3-7-19-16(10-11-22(27-19)32-15-8-5-4-6-9-15)23(26)17-12-21(18(25)13-20(17)28)31-14(2)24(29)30/h4-6,8-14,26,28H,3,7H2,1-2H3,(H,29,30)/t14-/m0/s1. The molecule has 1 atom stereocenters. The average molecular weight is 455 g/mol. The van der Waals surface area contributed by atoms with Gasteiger partial charge in [0.2, 0.25) is 5.88 Å². The Hall–Kier alpha value is -3.58. The fourth-order valence-electron chi connectivity index (χ4n) is 3.02. The van der Waals surface area contributed by atoms with Crippen molar-refractivity contribution in [3.63, 3.8) is 0 Å². The molecule has 3 N–H and O–H groups in total. The lowest BCUT2D eigenvalue weighted by Gasteiger charge is -2.16. The summed E-state index contributed by atoms with van der Waals surface area (Å²) in [5.41, 5.74) is 1.32. The van der Waals surface area contributed by atoms with Gasteiger partial charge in [-0.2, -0.15) is 0 Å². The summed E-state index contributed by atoms with van der Waals surface area (Å²) in [4.78, 5) is 15.7. The fourth-order valence-corrected chi connectivity index (χ4v) is 3.22. The number of aryl methyl sites for hydroxylation is 1. The van der Waals surface area contributed by atoms with Crippen LogP contribution in [0.3, 0.4) is 0 Å². The summed E-state index contributed by atoms with van der Waals surface area (Å²) < 4.78 is 11.2. The number of rotatable bonds is 9. The normalized spacial score (nSPS) is 11.6. The lowest BCUT2D eigenvalue weighted by molar-refractivity contribution is -0.144. The first-order valence-electron chi connectivity index (χ1n) is 10.0. The van der Waals surface area contributed by atoms with E-state index in [0.717, 1.165) is 6.42 Å². The van der Waals surface area contributed by atoms with Crippen molar-refractivity contribution in [1.82, 2.24) is 4.98 Å². The van der Waals surface area contributed by atoms with E-state index in [-0.39, 0.29) is 27.8 Å². The molecule has 0 fully saturated rings. The number of aromatic hydroxyl groups is 1. The van der Waals surface area contributed by atoms with Gasteiger partial charge in [-0.05, 0) is 37.6 Å². The van der Waals surface area contributed by atoms with Crippen molar-refractivity contribution < 1.29 is 24.5 Å². The summed E-state index contributed by atoms with van der Waals surface area (Å²) in [6.45, 7) is 3.37. The largest absolute Gasteiger partial charge is 0.507 e. The van der Waals surface area contributed by atoms with Gasteiger partial charge in [0.25, 0.3) is 0 Å². The van der Waals surface area contributed by atoms with Crippen molar-refractivity contribution in [2.45, 2.75) is 32.8 Å². The van der Waals surface area contributed by atoms with E-state index in [1.165, 1.54) is 19.1 Å². The number of nitrogens with one attached hydrogen (secondary N) is 1. The van der Waals surface area contributed by atoms with Gasteiger partial charge in [-0.3, -0.25) is 5.41 Å². The van der Waals surface area contributed by atoms with Gasteiger partial charge in [0.1, 0.15) is 17.2 Å². The van der Waals surface area contributed by atoms with Crippen molar-refractivity contribution >= 4 is 23.3 Å². The second-order valence-electron chi connectivity index (χ2n) is 7.08. The highest BCUT2D eigenvalue weighted by atomic mass is 35.5. The third-order valence-corrected chi connectivity index (χ3v) is 4.94. The molecule has 3 rings (SSSR count). The van der Waals surface area contributed by atoms with Crippen molar-refractivity contribution in [1.29, 1.82) is 5.41 Å². The first-order chi connectivity index (χ1) is 15.3. The monoisotopic (exact) mass is 454 g/mol. The fraction of sp³-hybridized carbons (Fsp3) is 0.208. The summed E-state index contributed by atoms with van der Waals surface area (Å²) in [6.07, 6.45) is 0.238. The molecule has 0 saturated carbocycles. The topological polar surface area (TPSA) is 113 Å². The van der Waals surface area contributed by atoms with Crippen molar-refractivity contribution in [3.8, 4) is 23.1 Å². The number of hydrogen-bond acceptors (Lipinski definition) is 6. The van der Waals surface area contributed by atoms with Crippen molar-refractivity contribution in [3.05, 3.63) is 76.4 Å². The van der Waals surface area contributed by atoms with Crippen molar-refractivity contribution in [2.75, 3.05) is 0 Å². The van der Waals surface area contributed by atoms with E-state index in [9.17, 15) is 9.90 Å². The number of carbonyl (C=O) groups is 1. The Morgan fingerprint density at radius 3 is 2.53 bits per heavy atom. The van der Waals surface area contributed by atoms with E-state index < -0.39 is 12.1 Å². The molecule has 0 radical (unpaired) electrons. The van der Waals surface area contributed by atoms with E-state index in [1.54, 1.807) is 12.1 Å². The maximum Gasteiger partial charge on any atom is 0.344 e. The predicted molar refractivity (Wildman–Crippen MR) is 122 cm³/mol. The molecule has 0 spiro atoms. The molecule has 0 unspecified atom stereocenters. The van der Waals surface area contributed by atoms with Gasteiger partial charge >= 0.3 is 5.97 Å². The third kappa shape index (κ3) is 5.36. The summed E-state index contributed by atoms with van der Waals surface area (Å²) >= 11 is 6.10. The van der Waals surface area contributed by atoms with E-state index in [0.29, 0.717) is 29.3 Å².